The van der Waals surface area contributed by atoms with Gasteiger partial charge in [-0.25, -0.2) is 9.18 Å². The fourth-order valence-corrected chi connectivity index (χ4v) is 5.49. The van der Waals surface area contributed by atoms with Gasteiger partial charge in [0.2, 0.25) is 0 Å². The second-order valence-corrected chi connectivity index (χ2v) is 10.5. The number of benzene rings is 3. The van der Waals surface area contributed by atoms with Crippen LogP contribution in [0, 0.1) is 17.1 Å². The minimum absolute atomic E-state index is 0.261. The predicted octanol–water partition coefficient (Wildman–Crippen LogP) is 7.13. The monoisotopic (exact) mass is 570 g/mol. The molecule has 218 valence electrons. The summed E-state index contributed by atoms with van der Waals surface area (Å²) < 4.78 is 38.1. The molecule has 1 aliphatic heterocycles. The molecule has 5 rings (SSSR count). The van der Waals surface area contributed by atoms with Gasteiger partial charge in [0, 0.05) is 41.0 Å². The van der Waals surface area contributed by atoms with Crippen molar-refractivity contribution in [2.75, 3.05) is 26.8 Å². The van der Waals surface area contributed by atoms with Crippen molar-refractivity contribution in [3.8, 4) is 29.1 Å². The summed E-state index contributed by atoms with van der Waals surface area (Å²) in [5.41, 5.74) is 4.23. The summed E-state index contributed by atoms with van der Waals surface area (Å²) in [5.74, 6) is 1.30. The lowest BCUT2D eigenvalue weighted by molar-refractivity contribution is -0.134. The Morgan fingerprint density at radius 3 is 2.76 bits per heavy atom. The van der Waals surface area contributed by atoms with E-state index in [9.17, 15) is 10.1 Å². The van der Waals surface area contributed by atoms with E-state index in [1.807, 2.05) is 24.3 Å². The third-order valence-electron chi connectivity index (χ3n) is 7.76. The van der Waals surface area contributed by atoms with Gasteiger partial charge in [-0.2, -0.15) is 5.26 Å². The number of hydrogen-bond acceptors (Lipinski definition) is 7. The summed E-state index contributed by atoms with van der Waals surface area (Å²) >= 11 is 0. The van der Waals surface area contributed by atoms with Crippen molar-refractivity contribution in [1.29, 1.82) is 5.26 Å². The fourth-order valence-electron chi connectivity index (χ4n) is 5.49. The number of carbonyl (C=O) groups excluding carboxylic acids is 1. The summed E-state index contributed by atoms with van der Waals surface area (Å²) in [5, 5.41) is 9.88. The number of halogens is 1. The van der Waals surface area contributed by atoms with E-state index in [1.54, 1.807) is 18.2 Å². The Kier molecular flexibility index (Phi) is 9.09. The smallest absolute Gasteiger partial charge is 0.330 e. The number of fused-ring (bicyclic) bond motifs is 2. The van der Waals surface area contributed by atoms with E-state index < -0.39 is 12.1 Å². The molecule has 7 nitrogen and oxygen atoms in total. The standard InChI is InChI=1S/C34H35FN2O5/c1-4-6-15-37(5-2)20-22-7-12-29(23(16-22)19-36)42-30-14-11-28(35)34-27(30)10-13-31(34)41-25-8-9-26-24(17-33(38)39-3)21-40-32(26)18-25/h7-9,11-12,14,16-18,31H,4-6,10,13,15,20-21H2,1-3H3. The zero-order valence-electron chi connectivity index (χ0n) is 24.2. The highest BCUT2D eigenvalue weighted by Gasteiger charge is 2.31. The Bertz CT molecular complexity index is 1540. The second kappa shape index (κ2) is 13.1. The third kappa shape index (κ3) is 6.27. The van der Waals surface area contributed by atoms with Gasteiger partial charge in [0.25, 0.3) is 0 Å². The van der Waals surface area contributed by atoms with Crippen molar-refractivity contribution in [3.63, 3.8) is 0 Å². The van der Waals surface area contributed by atoms with Crippen LogP contribution in [0.4, 0.5) is 4.39 Å². The van der Waals surface area contributed by atoms with Gasteiger partial charge < -0.3 is 18.9 Å². The van der Waals surface area contributed by atoms with Crippen LogP contribution in [-0.2, 0) is 22.5 Å². The molecule has 0 spiro atoms. The minimum Gasteiger partial charge on any atom is -0.488 e. The van der Waals surface area contributed by atoms with Crippen molar-refractivity contribution in [1.82, 2.24) is 4.90 Å². The molecule has 0 radical (unpaired) electrons. The Morgan fingerprint density at radius 2 is 2.00 bits per heavy atom. The molecule has 3 aromatic rings. The Labute approximate surface area is 246 Å². The molecule has 0 fully saturated rings. The van der Waals surface area contributed by atoms with Gasteiger partial charge >= 0.3 is 5.97 Å². The molecule has 1 aliphatic carbocycles. The average molecular weight is 571 g/mol. The molecule has 1 unspecified atom stereocenters. The van der Waals surface area contributed by atoms with Crippen molar-refractivity contribution in [2.24, 2.45) is 0 Å². The van der Waals surface area contributed by atoms with Gasteiger partial charge in [0.15, 0.2) is 0 Å². The first-order valence-electron chi connectivity index (χ1n) is 14.4. The van der Waals surface area contributed by atoms with Crippen LogP contribution in [0.15, 0.2) is 54.6 Å². The van der Waals surface area contributed by atoms with E-state index in [-0.39, 0.29) is 12.4 Å². The van der Waals surface area contributed by atoms with Crippen molar-refractivity contribution < 1.29 is 28.1 Å². The Morgan fingerprint density at radius 1 is 1.17 bits per heavy atom. The lowest BCUT2D eigenvalue weighted by Crippen LogP contribution is -2.23. The van der Waals surface area contributed by atoms with Crippen molar-refractivity contribution in [2.45, 2.75) is 52.2 Å². The van der Waals surface area contributed by atoms with Gasteiger partial charge in [-0.3, -0.25) is 4.90 Å². The SMILES string of the molecule is CCCCN(CC)Cc1ccc(Oc2ccc(F)c3c2CCC3Oc2ccc3c(c2)OCC3=CC(=O)OC)c(C#N)c1. The number of esters is 1. The maximum atomic E-state index is 15.2. The molecule has 0 aromatic heterocycles. The van der Waals surface area contributed by atoms with Crippen LogP contribution in [0.1, 0.15) is 67.0 Å². The number of carbonyl (C=O) groups is 1. The number of ether oxygens (including phenoxy) is 4. The normalized spacial score (nSPS) is 16.1. The first-order chi connectivity index (χ1) is 20.4. The predicted molar refractivity (Wildman–Crippen MR) is 157 cm³/mol. The molecule has 2 aliphatic rings. The largest absolute Gasteiger partial charge is 0.488 e. The molecular formula is C34H35FN2O5. The van der Waals surface area contributed by atoms with Crippen molar-refractivity contribution in [3.05, 3.63) is 88.2 Å². The number of nitrogens with zero attached hydrogens (tertiary/aromatic N) is 2. The van der Waals surface area contributed by atoms with Crippen molar-refractivity contribution >= 4 is 11.5 Å². The van der Waals surface area contributed by atoms with Crippen LogP contribution in [-0.4, -0.2) is 37.7 Å². The van der Waals surface area contributed by atoms with Crippen LogP contribution in [0.2, 0.25) is 0 Å². The van der Waals surface area contributed by atoms with Gasteiger partial charge in [-0.05, 0) is 74.3 Å². The molecule has 0 amide bonds. The van der Waals surface area contributed by atoms with Gasteiger partial charge in [0.1, 0.15) is 47.6 Å². The summed E-state index contributed by atoms with van der Waals surface area (Å²) in [6, 6.07) is 16.3. The Hall–Kier alpha value is -4.35. The van der Waals surface area contributed by atoms with E-state index in [1.165, 1.54) is 19.3 Å². The fraction of sp³-hybridized carbons (Fsp3) is 0.353. The maximum absolute atomic E-state index is 15.2. The zero-order valence-corrected chi connectivity index (χ0v) is 24.2. The summed E-state index contributed by atoms with van der Waals surface area (Å²) in [4.78, 5) is 14.0. The number of methoxy groups -OCH3 is 1. The van der Waals surface area contributed by atoms with Gasteiger partial charge in [-0.15, -0.1) is 0 Å². The van der Waals surface area contributed by atoms with Crippen LogP contribution in [0.25, 0.3) is 5.57 Å². The first kappa shape index (κ1) is 29.2. The summed E-state index contributed by atoms with van der Waals surface area (Å²) in [6.45, 7) is 7.31. The van der Waals surface area contributed by atoms with Gasteiger partial charge in [0.05, 0.1) is 12.7 Å². The van der Waals surface area contributed by atoms with E-state index in [4.69, 9.17) is 18.9 Å². The molecule has 0 saturated heterocycles. The van der Waals surface area contributed by atoms with Crippen LogP contribution in [0.3, 0.4) is 0 Å². The average Bonchev–Trinajstić information content (AvgIpc) is 3.61. The van der Waals surface area contributed by atoms with E-state index in [0.29, 0.717) is 47.0 Å². The van der Waals surface area contributed by atoms with Crippen LogP contribution >= 0.6 is 0 Å². The highest BCUT2D eigenvalue weighted by atomic mass is 19.1. The minimum atomic E-state index is -0.506. The third-order valence-corrected chi connectivity index (χ3v) is 7.76. The second-order valence-electron chi connectivity index (χ2n) is 10.5. The molecule has 1 heterocycles. The number of hydrogen-bond donors (Lipinski definition) is 0. The molecule has 0 bridgehead atoms. The number of rotatable bonds is 11. The van der Waals surface area contributed by atoms with E-state index in [2.05, 4.69) is 24.8 Å². The molecule has 8 heteroatoms. The molecule has 1 atom stereocenters. The molecule has 0 N–H and O–H groups in total. The molecule has 0 saturated carbocycles. The van der Waals surface area contributed by atoms with E-state index >= 15 is 4.39 Å². The lowest BCUT2D eigenvalue weighted by atomic mass is 10.1. The molecule has 42 heavy (non-hydrogen) atoms. The molecular weight excluding hydrogens is 535 g/mol. The number of nitriles is 1. The maximum Gasteiger partial charge on any atom is 0.330 e. The zero-order chi connectivity index (χ0) is 29.6. The highest BCUT2D eigenvalue weighted by molar-refractivity contribution is 5.93. The first-order valence-corrected chi connectivity index (χ1v) is 14.4. The summed E-state index contributed by atoms with van der Waals surface area (Å²) in [6.07, 6.45) is 4.33. The quantitative estimate of drug-likeness (QED) is 0.179. The van der Waals surface area contributed by atoms with E-state index in [0.717, 1.165) is 54.7 Å². The topological polar surface area (TPSA) is 81.0 Å². The van der Waals surface area contributed by atoms with Crippen LogP contribution in [0.5, 0.6) is 23.0 Å². The van der Waals surface area contributed by atoms with Crippen LogP contribution < -0.4 is 14.2 Å². The Balaban J connectivity index is 1.33. The summed E-state index contributed by atoms with van der Waals surface area (Å²) in [7, 11) is 1.33. The van der Waals surface area contributed by atoms with Gasteiger partial charge in [-0.1, -0.05) is 26.3 Å². The highest BCUT2D eigenvalue weighted by Crippen LogP contribution is 2.44. The molecule has 3 aromatic carbocycles. The number of unbranched alkanes of at least 4 members (excludes halogenated alkanes) is 1. The lowest BCUT2D eigenvalue weighted by Gasteiger charge is -2.20.